The van der Waals surface area contributed by atoms with Gasteiger partial charge in [0.25, 0.3) is 5.88 Å². The average Bonchev–Trinajstić information content (AvgIpc) is 2.94. The van der Waals surface area contributed by atoms with Gasteiger partial charge in [-0.3, -0.25) is 9.71 Å². The molecule has 0 unspecified atom stereocenters. The van der Waals surface area contributed by atoms with Crippen molar-refractivity contribution in [3.8, 4) is 29.1 Å². The van der Waals surface area contributed by atoms with E-state index in [9.17, 15) is 8.42 Å². The van der Waals surface area contributed by atoms with Crippen LogP contribution in [-0.4, -0.2) is 61.9 Å². The summed E-state index contributed by atoms with van der Waals surface area (Å²) in [6.45, 7) is 5.12. The Bertz CT molecular complexity index is 1470. The zero-order valence-electron chi connectivity index (χ0n) is 21.4. The monoisotopic (exact) mass is 653 g/mol. The van der Waals surface area contributed by atoms with Crippen LogP contribution in [0.1, 0.15) is 6.92 Å². The Kier molecular flexibility index (Phi) is 11.6. The molecule has 13 nitrogen and oxygen atoms in total. The first-order chi connectivity index (χ1) is 19.2. The fraction of sp³-hybridized carbons (Fsp3) is 0.208. The topological polar surface area (TPSA) is 159 Å². The van der Waals surface area contributed by atoms with Gasteiger partial charge in [-0.1, -0.05) is 17.7 Å². The summed E-state index contributed by atoms with van der Waals surface area (Å²) in [5.74, 6) is 0.156. The lowest BCUT2D eigenvalue weighted by Gasteiger charge is -2.17. The van der Waals surface area contributed by atoms with Gasteiger partial charge >= 0.3 is 16.2 Å². The van der Waals surface area contributed by atoms with E-state index in [4.69, 9.17) is 30.5 Å². The number of aliphatic imine (C=N–C) groups is 1. The minimum atomic E-state index is -4.13. The highest BCUT2D eigenvalue weighted by Gasteiger charge is 2.22. The summed E-state index contributed by atoms with van der Waals surface area (Å²) in [5.41, 5.74) is 0.652. The van der Waals surface area contributed by atoms with Crippen molar-refractivity contribution in [2.75, 3.05) is 31.6 Å². The molecule has 0 atom stereocenters. The largest absolute Gasteiger partial charge is 0.497 e. The molecule has 2 heterocycles. The first-order valence-electron chi connectivity index (χ1n) is 11.4. The van der Waals surface area contributed by atoms with Crippen LogP contribution in [0.15, 0.2) is 70.3 Å². The molecule has 0 fully saturated rings. The zero-order chi connectivity index (χ0) is 29.0. The molecule has 0 spiro atoms. The number of hydrogen-bond acceptors (Lipinski definition) is 11. The van der Waals surface area contributed by atoms with Gasteiger partial charge in [-0.25, -0.2) is 15.0 Å². The highest BCUT2D eigenvalue weighted by atomic mass is 79.9. The standard InChI is InChI=1S/C24H25BrClN7O6S/c1-4-16(7-8-27-2)12-32-40(34,35)33-22-21(39-20-11-18(36-3)5-6-19(20)26)23(31-15-30-22)37-9-10-38-24-28-13-17(25)14-29-24/h4-8,11,13-15,32H,2,9-10,12H2,1,3H3,(H,30,31,33)/b8-7-,16-4+. The van der Waals surface area contributed by atoms with Crippen molar-refractivity contribution in [1.29, 1.82) is 0 Å². The van der Waals surface area contributed by atoms with Gasteiger partial charge in [-0.2, -0.15) is 18.1 Å². The summed E-state index contributed by atoms with van der Waals surface area (Å²) in [6.07, 6.45) is 8.98. The lowest BCUT2D eigenvalue weighted by atomic mass is 10.2. The summed E-state index contributed by atoms with van der Waals surface area (Å²) < 4.78 is 53.6. The van der Waals surface area contributed by atoms with Crippen LogP contribution in [0.2, 0.25) is 5.02 Å². The number of nitrogens with zero attached hydrogens (tertiary/aromatic N) is 5. The number of aromatic nitrogens is 4. The fourth-order valence-corrected chi connectivity index (χ4v) is 4.01. The van der Waals surface area contributed by atoms with Crippen LogP contribution in [0.25, 0.3) is 0 Å². The van der Waals surface area contributed by atoms with E-state index < -0.39 is 10.2 Å². The van der Waals surface area contributed by atoms with Crippen LogP contribution in [0.3, 0.4) is 0 Å². The zero-order valence-corrected chi connectivity index (χ0v) is 24.5. The number of halogens is 2. The molecule has 1 aromatic carbocycles. The third-order valence-electron chi connectivity index (χ3n) is 4.73. The summed E-state index contributed by atoms with van der Waals surface area (Å²) in [4.78, 5) is 19.8. The van der Waals surface area contributed by atoms with Gasteiger partial charge in [0.2, 0.25) is 5.75 Å². The maximum absolute atomic E-state index is 12.9. The molecule has 0 radical (unpaired) electrons. The molecule has 40 heavy (non-hydrogen) atoms. The number of hydrogen-bond donors (Lipinski definition) is 2. The van der Waals surface area contributed by atoms with Crippen LogP contribution in [0.4, 0.5) is 5.82 Å². The second-order valence-corrected chi connectivity index (χ2v) is 10.2. The van der Waals surface area contributed by atoms with E-state index in [1.807, 2.05) is 0 Å². The molecule has 0 saturated heterocycles. The second-order valence-electron chi connectivity index (χ2n) is 7.42. The smallest absolute Gasteiger partial charge is 0.316 e. The van der Waals surface area contributed by atoms with Crippen LogP contribution >= 0.6 is 27.5 Å². The van der Waals surface area contributed by atoms with Crippen molar-refractivity contribution < 1.29 is 27.4 Å². The van der Waals surface area contributed by atoms with Gasteiger partial charge in [0.1, 0.15) is 31.0 Å². The molecular formula is C24H25BrClN7O6S. The normalized spacial score (nSPS) is 11.8. The van der Waals surface area contributed by atoms with Crippen LogP contribution in [0.5, 0.6) is 29.1 Å². The summed E-state index contributed by atoms with van der Waals surface area (Å²) in [7, 11) is -2.65. The molecule has 2 N–H and O–H groups in total. The lowest BCUT2D eigenvalue weighted by molar-refractivity contribution is 0.197. The first kappa shape index (κ1) is 30.7. The highest BCUT2D eigenvalue weighted by Crippen LogP contribution is 2.40. The lowest BCUT2D eigenvalue weighted by Crippen LogP contribution is -2.32. The minimum absolute atomic E-state index is 0.0165. The Labute approximate surface area is 244 Å². The van der Waals surface area contributed by atoms with E-state index in [-0.39, 0.29) is 54.0 Å². The fourth-order valence-electron chi connectivity index (χ4n) is 2.82. The van der Waals surface area contributed by atoms with Crippen LogP contribution < -0.4 is 28.4 Å². The number of allylic oxidation sites excluding steroid dienone is 1. The van der Waals surface area contributed by atoms with Crippen LogP contribution in [-0.2, 0) is 10.2 Å². The molecule has 3 rings (SSSR count). The molecular weight excluding hydrogens is 630 g/mol. The minimum Gasteiger partial charge on any atom is -0.497 e. The Morgan fingerprint density at radius 3 is 2.62 bits per heavy atom. The third-order valence-corrected chi connectivity index (χ3v) is 6.44. The van der Waals surface area contributed by atoms with E-state index in [1.54, 1.807) is 31.2 Å². The van der Waals surface area contributed by atoms with Crippen molar-refractivity contribution in [3.05, 3.63) is 70.3 Å². The second kappa shape index (κ2) is 15.1. The van der Waals surface area contributed by atoms with E-state index in [0.29, 0.717) is 15.8 Å². The first-order valence-corrected chi connectivity index (χ1v) is 14.0. The summed E-state index contributed by atoms with van der Waals surface area (Å²) in [6, 6.07) is 4.86. The van der Waals surface area contributed by atoms with Crippen molar-refractivity contribution in [3.63, 3.8) is 0 Å². The highest BCUT2D eigenvalue weighted by molar-refractivity contribution is 9.10. The van der Waals surface area contributed by atoms with E-state index in [0.717, 1.165) is 6.33 Å². The average molecular weight is 655 g/mol. The third kappa shape index (κ3) is 9.44. The van der Waals surface area contributed by atoms with Crippen molar-refractivity contribution in [1.82, 2.24) is 24.7 Å². The molecule has 3 aromatic rings. The Morgan fingerprint density at radius 2 is 1.93 bits per heavy atom. The number of benzene rings is 1. The molecule has 0 amide bonds. The Balaban J connectivity index is 1.84. The molecule has 0 saturated carbocycles. The van der Waals surface area contributed by atoms with Crippen molar-refractivity contribution in [2.45, 2.75) is 6.92 Å². The molecule has 0 aliphatic carbocycles. The van der Waals surface area contributed by atoms with Gasteiger partial charge in [0, 0.05) is 31.2 Å². The molecule has 16 heteroatoms. The van der Waals surface area contributed by atoms with Crippen molar-refractivity contribution in [2.24, 2.45) is 4.99 Å². The maximum atomic E-state index is 12.9. The maximum Gasteiger partial charge on any atom is 0.316 e. The Hall–Kier alpha value is -3.79. The molecule has 0 bridgehead atoms. The van der Waals surface area contributed by atoms with E-state index >= 15 is 0 Å². The Morgan fingerprint density at radius 1 is 1.18 bits per heavy atom. The predicted octanol–water partition coefficient (Wildman–Crippen LogP) is 4.35. The van der Waals surface area contributed by atoms with Gasteiger partial charge in [0.15, 0.2) is 5.82 Å². The predicted molar refractivity (Wildman–Crippen MR) is 154 cm³/mol. The number of rotatable bonds is 15. The number of anilines is 1. The van der Waals surface area contributed by atoms with E-state index in [1.165, 1.54) is 31.8 Å². The molecule has 212 valence electrons. The SMILES string of the molecule is C=N/C=C\C(=C/C)CNS(=O)(=O)Nc1ncnc(OCCOc2ncc(Br)cn2)c1Oc1cc(OC)ccc1Cl. The van der Waals surface area contributed by atoms with Gasteiger partial charge in [-0.15, -0.1) is 0 Å². The number of nitrogens with one attached hydrogen (secondary N) is 2. The van der Waals surface area contributed by atoms with Gasteiger partial charge in [-0.05, 0) is 53.4 Å². The van der Waals surface area contributed by atoms with Crippen LogP contribution in [0, 0.1) is 0 Å². The van der Waals surface area contributed by atoms with Gasteiger partial charge in [0.05, 0.1) is 16.6 Å². The van der Waals surface area contributed by atoms with Gasteiger partial charge < -0.3 is 18.9 Å². The number of ether oxygens (including phenoxy) is 4. The number of methoxy groups -OCH3 is 1. The molecule has 2 aromatic heterocycles. The molecule has 0 aliphatic heterocycles. The van der Waals surface area contributed by atoms with E-state index in [2.05, 4.69) is 57.0 Å². The summed E-state index contributed by atoms with van der Waals surface area (Å²) >= 11 is 9.56. The quantitative estimate of drug-likeness (QED) is 0.137. The molecule has 0 aliphatic rings. The van der Waals surface area contributed by atoms with Crippen molar-refractivity contribution >= 4 is 50.3 Å². The summed E-state index contributed by atoms with van der Waals surface area (Å²) in [5, 5.41) is 0.221.